The van der Waals surface area contributed by atoms with E-state index in [1.54, 1.807) is 18.2 Å². The maximum absolute atomic E-state index is 12.0. The number of furan rings is 1. The van der Waals surface area contributed by atoms with E-state index in [-0.39, 0.29) is 18.3 Å². The highest BCUT2D eigenvalue weighted by Gasteiger charge is 2.16. The zero-order chi connectivity index (χ0) is 16.4. The van der Waals surface area contributed by atoms with Crippen molar-refractivity contribution in [2.75, 3.05) is 5.32 Å². The largest absolute Gasteiger partial charge is 0.466 e. The van der Waals surface area contributed by atoms with E-state index in [1.807, 2.05) is 26.0 Å². The van der Waals surface area contributed by atoms with E-state index in [9.17, 15) is 4.79 Å². The van der Waals surface area contributed by atoms with Gasteiger partial charge in [-0.05, 0) is 31.5 Å². The second-order valence-electron chi connectivity index (χ2n) is 5.06. The van der Waals surface area contributed by atoms with Crippen LogP contribution in [0, 0.1) is 13.8 Å². The van der Waals surface area contributed by atoms with Gasteiger partial charge in [0.05, 0.1) is 12.0 Å². The molecule has 2 aromatic heterocycles. The Labute approximate surface area is 137 Å². The number of nitrogens with one attached hydrogen (secondary N) is 1. The number of aryl methyl sites for hydroxylation is 2. The van der Waals surface area contributed by atoms with Crippen LogP contribution in [-0.4, -0.2) is 16.1 Å². The number of benzene rings is 1. The number of halogens is 1. The van der Waals surface area contributed by atoms with E-state index in [1.165, 1.54) is 0 Å². The molecule has 0 aliphatic heterocycles. The van der Waals surface area contributed by atoms with E-state index in [0.717, 1.165) is 11.3 Å². The number of carbonyl (C=O) groups excluding carboxylic acids is 1. The third-order valence-electron chi connectivity index (χ3n) is 3.25. The number of rotatable bonds is 4. The van der Waals surface area contributed by atoms with Gasteiger partial charge in [-0.2, -0.15) is 0 Å². The Balaban J connectivity index is 1.71. The van der Waals surface area contributed by atoms with Gasteiger partial charge in [0.25, 0.3) is 5.89 Å². The Kier molecular flexibility index (Phi) is 4.16. The summed E-state index contributed by atoms with van der Waals surface area (Å²) >= 11 is 6.03. The van der Waals surface area contributed by atoms with Gasteiger partial charge in [0.2, 0.25) is 5.91 Å². The summed E-state index contributed by atoms with van der Waals surface area (Å²) < 4.78 is 10.9. The second kappa shape index (κ2) is 6.26. The summed E-state index contributed by atoms with van der Waals surface area (Å²) in [5, 5.41) is 10.9. The van der Waals surface area contributed by atoms with E-state index < -0.39 is 0 Å². The van der Waals surface area contributed by atoms with Crippen LogP contribution in [0.5, 0.6) is 0 Å². The minimum atomic E-state index is -0.284. The van der Waals surface area contributed by atoms with Gasteiger partial charge in [-0.1, -0.05) is 34.9 Å². The van der Waals surface area contributed by atoms with Crippen molar-refractivity contribution in [3.05, 3.63) is 52.4 Å². The molecular weight excluding hydrogens is 318 g/mol. The standard InChI is InChI=1S/C16H14ClN3O3/c1-9-7-12(10(2)22-9)15-19-20-16(23-15)18-14(21)8-11-5-3-4-6-13(11)17/h3-7H,8H2,1-2H3,(H,18,20,21). The smallest absolute Gasteiger partial charge is 0.322 e. The van der Waals surface area contributed by atoms with Crippen molar-refractivity contribution in [3.63, 3.8) is 0 Å². The van der Waals surface area contributed by atoms with Gasteiger partial charge in [0.1, 0.15) is 11.5 Å². The summed E-state index contributed by atoms with van der Waals surface area (Å²) in [6.45, 7) is 3.64. The Morgan fingerprint density at radius 3 is 2.70 bits per heavy atom. The average Bonchev–Trinajstić information content (AvgIpc) is 3.07. The third-order valence-corrected chi connectivity index (χ3v) is 3.62. The van der Waals surface area contributed by atoms with Gasteiger partial charge in [0, 0.05) is 5.02 Å². The highest BCUT2D eigenvalue weighted by molar-refractivity contribution is 6.31. The monoisotopic (exact) mass is 331 g/mol. The number of aromatic nitrogens is 2. The molecule has 0 saturated carbocycles. The topological polar surface area (TPSA) is 81.2 Å². The molecule has 0 saturated heterocycles. The fourth-order valence-corrected chi connectivity index (χ4v) is 2.41. The molecule has 0 aliphatic carbocycles. The quantitative estimate of drug-likeness (QED) is 0.786. The van der Waals surface area contributed by atoms with E-state index in [4.69, 9.17) is 20.4 Å². The van der Waals surface area contributed by atoms with Gasteiger partial charge in [-0.15, -0.1) is 5.10 Å². The van der Waals surface area contributed by atoms with Crippen LogP contribution < -0.4 is 5.32 Å². The molecule has 6 nitrogen and oxygen atoms in total. The first-order valence-electron chi connectivity index (χ1n) is 6.97. The van der Waals surface area contributed by atoms with Gasteiger partial charge < -0.3 is 8.83 Å². The first-order valence-corrected chi connectivity index (χ1v) is 7.35. The van der Waals surface area contributed by atoms with Crippen LogP contribution in [0.4, 0.5) is 6.01 Å². The number of anilines is 1. The number of amides is 1. The van der Waals surface area contributed by atoms with Crippen molar-refractivity contribution in [1.29, 1.82) is 0 Å². The van der Waals surface area contributed by atoms with Crippen LogP contribution >= 0.6 is 11.6 Å². The fraction of sp³-hybridized carbons (Fsp3) is 0.188. The molecule has 7 heteroatoms. The molecule has 1 N–H and O–H groups in total. The lowest BCUT2D eigenvalue weighted by atomic mass is 10.1. The summed E-state index contributed by atoms with van der Waals surface area (Å²) in [7, 11) is 0. The van der Waals surface area contributed by atoms with Gasteiger partial charge in [-0.25, -0.2) is 0 Å². The number of carbonyl (C=O) groups is 1. The summed E-state index contributed by atoms with van der Waals surface area (Å²) in [5.74, 6) is 1.45. The van der Waals surface area contributed by atoms with Crippen LogP contribution in [0.2, 0.25) is 5.02 Å². The molecule has 1 aromatic carbocycles. The first kappa shape index (κ1) is 15.3. The average molecular weight is 332 g/mol. The molecule has 3 rings (SSSR count). The maximum atomic E-state index is 12.0. The summed E-state index contributed by atoms with van der Waals surface area (Å²) in [5.41, 5.74) is 1.44. The molecule has 0 atom stereocenters. The minimum absolute atomic E-state index is 0.0373. The summed E-state index contributed by atoms with van der Waals surface area (Å²) in [6, 6.07) is 9.00. The predicted octanol–water partition coefficient (Wildman–Crippen LogP) is 3.78. The molecule has 0 spiro atoms. The van der Waals surface area contributed by atoms with Crippen molar-refractivity contribution in [2.45, 2.75) is 20.3 Å². The molecular formula is C16H14ClN3O3. The van der Waals surface area contributed by atoms with E-state index in [0.29, 0.717) is 22.2 Å². The van der Waals surface area contributed by atoms with Crippen molar-refractivity contribution < 1.29 is 13.6 Å². The summed E-state index contributed by atoms with van der Waals surface area (Å²) in [4.78, 5) is 12.0. The molecule has 0 unspecified atom stereocenters. The lowest BCUT2D eigenvalue weighted by Gasteiger charge is -2.02. The lowest BCUT2D eigenvalue weighted by Crippen LogP contribution is -2.14. The predicted molar refractivity (Wildman–Crippen MR) is 85.3 cm³/mol. The molecule has 0 radical (unpaired) electrons. The molecule has 118 valence electrons. The Morgan fingerprint density at radius 1 is 1.22 bits per heavy atom. The number of hydrogen-bond acceptors (Lipinski definition) is 5. The van der Waals surface area contributed by atoms with E-state index in [2.05, 4.69) is 15.5 Å². The molecule has 1 amide bonds. The maximum Gasteiger partial charge on any atom is 0.322 e. The molecule has 3 aromatic rings. The van der Waals surface area contributed by atoms with E-state index >= 15 is 0 Å². The second-order valence-corrected chi connectivity index (χ2v) is 5.46. The minimum Gasteiger partial charge on any atom is -0.466 e. The van der Waals surface area contributed by atoms with Crippen LogP contribution in [-0.2, 0) is 11.2 Å². The first-order chi connectivity index (χ1) is 11.0. The normalized spacial score (nSPS) is 10.7. The SMILES string of the molecule is Cc1cc(-c2nnc(NC(=O)Cc3ccccc3Cl)o2)c(C)o1. The highest BCUT2D eigenvalue weighted by atomic mass is 35.5. The molecule has 23 heavy (non-hydrogen) atoms. The van der Waals surface area contributed by atoms with Gasteiger partial charge >= 0.3 is 6.01 Å². The molecule has 2 heterocycles. The number of hydrogen-bond donors (Lipinski definition) is 1. The Morgan fingerprint density at radius 2 is 2.00 bits per heavy atom. The Bertz CT molecular complexity index is 854. The molecule has 0 bridgehead atoms. The third kappa shape index (κ3) is 3.43. The van der Waals surface area contributed by atoms with Gasteiger partial charge in [0.15, 0.2) is 0 Å². The summed E-state index contributed by atoms with van der Waals surface area (Å²) in [6.07, 6.45) is 0.126. The number of nitrogens with zero attached hydrogens (tertiary/aromatic N) is 2. The van der Waals surface area contributed by atoms with Crippen LogP contribution in [0.1, 0.15) is 17.1 Å². The zero-order valence-corrected chi connectivity index (χ0v) is 13.3. The van der Waals surface area contributed by atoms with Crippen LogP contribution in [0.3, 0.4) is 0 Å². The van der Waals surface area contributed by atoms with Crippen molar-refractivity contribution in [3.8, 4) is 11.5 Å². The fourth-order valence-electron chi connectivity index (χ4n) is 2.20. The van der Waals surface area contributed by atoms with Gasteiger partial charge in [-0.3, -0.25) is 10.1 Å². The van der Waals surface area contributed by atoms with Crippen molar-refractivity contribution >= 4 is 23.5 Å². The van der Waals surface area contributed by atoms with Crippen LogP contribution in [0.25, 0.3) is 11.5 Å². The zero-order valence-electron chi connectivity index (χ0n) is 12.6. The highest BCUT2D eigenvalue weighted by Crippen LogP contribution is 2.26. The van der Waals surface area contributed by atoms with Crippen molar-refractivity contribution in [2.24, 2.45) is 0 Å². The molecule has 0 fully saturated rings. The van der Waals surface area contributed by atoms with Crippen molar-refractivity contribution in [1.82, 2.24) is 10.2 Å². The Hall–Kier alpha value is -2.60. The van der Waals surface area contributed by atoms with Crippen LogP contribution in [0.15, 0.2) is 39.2 Å². The molecule has 0 aliphatic rings. The lowest BCUT2D eigenvalue weighted by molar-refractivity contribution is -0.115.